The molecular weight excluding hydrogens is 282 g/mol. The summed E-state index contributed by atoms with van der Waals surface area (Å²) in [5.74, 6) is 0. The van der Waals surface area contributed by atoms with E-state index in [2.05, 4.69) is 32.9 Å². The van der Waals surface area contributed by atoms with Gasteiger partial charge in [-0.05, 0) is 36.3 Å². The van der Waals surface area contributed by atoms with E-state index in [0.717, 1.165) is 43.0 Å². The van der Waals surface area contributed by atoms with Gasteiger partial charge in [0.1, 0.15) is 0 Å². The van der Waals surface area contributed by atoms with E-state index < -0.39 is 0 Å². The predicted molar refractivity (Wildman–Crippen MR) is 73.1 cm³/mol. The highest BCUT2D eigenvalue weighted by molar-refractivity contribution is 9.10. The fraction of sp³-hybridized carbons (Fsp3) is 0.750. The lowest BCUT2D eigenvalue weighted by molar-refractivity contribution is 0.112. The number of likely N-dealkylation sites (N-methyl/N-ethyl adjacent to an activating group) is 1. The highest BCUT2D eigenvalue weighted by Gasteiger charge is 2.13. The first kappa shape index (κ1) is 14.7. The van der Waals surface area contributed by atoms with E-state index in [1.54, 1.807) is 0 Å². The van der Waals surface area contributed by atoms with Crippen LogP contribution in [0, 0.1) is 6.92 Å². The van der Waals surface area contributed by atoms with Crippen molar-refractivity contribution >= 4 is 15.9 Å². The number of rotatable bonds is 7. The molecular formula is C12H22BrN3O. The number of aromatic nitrogens is 2. The van der Waals surface area contributed by atoms with E-state index >= 15 is 0 Å². The summed E-state index contributed by atoms with van der Waals surface area (Å²) in [7, 11) is 1.99. The van der Waals surface area contributed by atoms with Gasteiger partial charge in [0.05, 0.1) is 22.5 Å². The molecule has 1 heterocycles. The van der Waals surface area contributed by atoms with E-state index in [0.29, 0.717) is 0 Å². The van der Waals surface area contributed by atoms with Gasteiger partial charge in [-0.2, -0.15) is 5.10 Å². The number of ether oxygens (including phenoxy) is 1. The van der Waals surface area contributed by atoms with Gasteiger partial charge in [-0.1, -0.05) is 6.92 Å². The van der Waals surface area contributed by atoms with Gasteiger partial charge < -0.3 is 4.74 Å². The lowest BCUT2D eigenvalue weighted by Crippen LogP contribution is -2.28. The lowest BCUT2D eigenvalue weighted by Gasteiger charge is -2.20. The zero-order chi connectivity index (χ0) is 12.8. The number of nitrogens with zero attached hydrogens (tertiary/aromatic N) is 3. The van der Waals surface area contributed by atoms with Gasteiger partial charge in [0.2, 0.25) is 0 Å². The van der Waals surface area contributed by atoms with Crippen LogP contribution in [0.3, 0.4) is 0 Å². The standard InChI is InChI=1S/C12H22BrN3O/c1-5-16(7-8-17-6-2)9-11-12(13)10(3)14-15(11)4/h5-9H2,1-4H3. The smallest absolute Gasteiger partial charge is 0.0739 e. The summed E-state index contributed by atoms with van der Waals surface area (Å²) in [4.78, 5) is 2.36. The molecule has 1 aromatic rings. The molecule has 0 amide bonds. The van der Waals surface area contributed by atoms with Crippen molar-refractivity contribution in [2.24, 2.45) is 7.05 Å². The lowest BCUT2D eigenvalue weighted by atomic mass is 10.3. The fourth-order valence-corrected chi connectivity index (χ4v) is 2.21. The molecule has 0 aliphatic carbocycles. The van der Waals surface area contributed by atoms with Gasteiger partial charge in [-0.3, -0.25) is 9.58 Å². The summed E-state index contributed by atoms with van der Waals surface area (Å²) in [6.45, 7) is 10.7. The van der Waals surface area contributed by atoms with Gasteiger partial charge in [-0.25, -0.2) is 0 Å². The third kappa shape index (κ3) is 4.08. The normalized spacial score (nSPS) is 11.4. The zero-order valence-electron chi connectivity index (χ0n) is 11.2. The minimum Gasteiger partial charge on any atom is -0.380 e. The Morgan fingerprint density at radius 3 is 2.59 bits per heavy atom. The summed E-state index contributed by atoms with van der Waals surface area (Å²) in [6, 6.07) is 0. The summed E-state index contributed by atoms with van der Waals surface area (Å²) < 4.78 is 8.46. The summed E-state index contributed by atoms with van der Waals surface area (Å²) in [5, 5.41) is 4.41. The van der Waals surface area contributed by atoms with Crippen molar-refractivity contribution in [2.45, 2.75) is 27.3 Å². The topological polar surface area (TPSA) is 30.3 Å². The summed E-state index contributed by atoms with van der Waals surface area (Å²) >= 11 is 3.60. The summed E-state index contributed by atoms with van der Waals surface area (Å²) in [6.07, 6.45) is 0. The molecule has 0 aromatic carbocycles. The maximum absolute atomic E-state index is 5.39. The highest BCUT2D eigenvalue weighted by Crippen LogP contribution is 2.21. The van der Waals surface area contributed by atoms with E-state index in [4.69, 9.17) is 4.74 Å². The van der Waals surface area contributed by atoms with Crippen molar-refractivity contribution < 1.29 is 4.74 Å². The minimum atomic E-state index is 0.784. The van der Waals surface area contributed by atoms with Crippen molar-refractivity contribution in [3.63, 3.8) is 0 Å². The van der Waals surface area contributed by atoms with E-state index in [-0.39, 0.29) is 0 Å². The van der Waals surface area contributed by atoms with E-state index in [1.165, 1.54) is 5.69 Å². The Labute approximate surface area is 112 Å². The van der Waals surface area contributed by atoms with Crippen LogP contribution in [0.5, 0.6) is 0 Å². The molecule has 1 rings (SSSR count). The second kappa shape index (κ2) is 7.13. The molecule has 0 atom stereocenters. The van der Waals surface area contributed by atoms with Crippen molar-refractivity contribution in [1.29, 1.82) is 0 Å². The average Bonchev–Trinajstić information content (AvgIpc) is 2.54. The number of hydrogen-bond acceptors (Lipinski definition) is 3. The molecule has 0 saturated heterocycles. The van der Waals surface area contributed by atoms with Crippen LogP contribution in [0.25, 0.3) is 0 Å². The molecule has 98 valence electrons. The summed E-state index contributed by atoms with van der Waals surface area (Å²) in [5.41, 5.74) is 2.27. The SMILES string of the molecule is CCOCCN(CC)Cc1c(Br)c(C)nn1C. The van der Waals surface area contributed by atoms with Crippen LogP contribution in [0.2, 0.25) is 0 Å². The van der Waals surface area contributed by atoms with Gasteiger partial charge >= 0.3 is 0 Å². The van der Waals surface area contributed by atoms with Crippen LogP contribution >= 0.6 is 15.9 Å². The second-order valence-corrected chi connectivity index (χ2v) is 4.83. The molecule has 0 aliphatic heterocycles. The van der Waals surface area contributed by atoms with Crippen molar-refractivity contribution in [3.8, 4) is 0 Å². The number of aryl methyl sites for hydroxylation is 2. The first-order valence-electron chi connectivity index (χ1n) is 6.08. The van der Waals surface area contributed by atoms with Gasteiger partial charge in [-0.15, -0.1) is 0 Å². The molecule has 0 fully saturated rings. The van der Waals surface area contributed by atoms with Crippen LogP contribution in [0.4, 0.5) is 0 Å². The Morgan fingerprint density at radius 2 is 2.12 bits per heavy atom. The Morgan fingerprint density at radius 1 is 1.41 bits per heavy atom. The highest BCUT2D eigenvalue weighted by atomic mass is 79.9. The Kier molecular flexibility index (Phi) is 6.16. The van der Waals surface area contributed by atoms with E-state index in [1.807, 2.05) is 25.6 Å². The van der Waals surface area contributed by atoms with Crippen LogP contribution in [-0.4, -0.2) is 41.0 Å². The predicted octanol–water partition coefficient (Wildman–Crippen LogP) is 2.35. The molecule has 1 aromatic heterocycles. The second-order valence-electron chi connectivity index (χ2n) is 4.04. The van der Waals surface area contributed by atoms with Crippen molar-refractivity contribution in [1.82, 2.24) is 14.7 Å². The minimum absolute atomic E-state index is 0.784. The average molecular weight is 304 g/mol. The third-order valence-electron chi connectivity index (χ3n) is 2.84. The Bertz CT molecular complexity index is 352. The molecule has 0 radical (unpaired) electrons. The maximum atomic E-state index is 5.39. The van der Waals surface area contributed by atoms with Gasteiger partial charge in [0.25, 0.3) is 0 Å². The fourth-order valence-electron chi connectivity index (χ4n) is 1.75. The molecule has 5 heteroatoms. The Balaban J connectivity index is 2.60. The van der Waals surface area contributed by atoms with Crippen LogP contribution in [-0.2, 0) is 18.3 Å². The largest absolute Gasteiger partial charge is 0.380 e. The molecule has 0 bridgehead atoms. The van der Waals surface area contributed by atoms with Gasteiger partial charge in [0.15, 0.2) is 0 Å². The molecule has 0 spiro atoms. The van der Waals surface area contributed by atoms with Crippen molar-refractivity contribution in [2.75, 3.05) is 26.3 Å². The maximum Gasteiger partial charge on any atom is 0.0739 e. The molecule has 0 N–H and O–H groups in total. The first-order chi connectivity index (χ1) is 8.10. The van der Waals surface area contributed by atoms with Gasteiger partial charge in [0, 0.05) is 26.7 Å². The monoisotopic (exact) mass is 303 g/mol. The van der Waals surface area contributed by atoms with Crippen LogP contribution in [0.1, 0.15) is 25.2 Å². The third-order valence-corrected chi connectivity index (χ3v) is 3.87. The van der Waals surface area contributed by atoms with Crippen LogP contribution in [0.15, 0.2) is 4.47 Å². The quantitative estimate of drug-likeness (QED) is 0.724. The number of halogens is 1. The molecule has 0 saturated carbocycles. The molecule has 4 nitrogen and oxygen atoms in total. The van der Waals surface area contributed by atoms with Crippen LogP contribution < -0.4 is 0 Å². The molecule has 0 unspecified atom stereocenters. The molecule has 17 heavy (non-hydrogen) atoms. The van der Waals surface area contributed by atoms with E-state index in [9.17, 15) is 0 Å². The first-order valence-corrected chi connectivity index (χ1v) is 6.87. The Hall–Kier alpha value is -0.390. The zero-order valence-corrected chi connectivity index (χ0v) is 12.7. The van der Waals surface area contributed by atoms with Crippen molar-refractivity contribution in [3.05, 3.63) is 15.9 Å². The molecule has 0 aliphatic rings. The number of hydrogen-bond donors (Lipinski definition) is 0.